The quantitative estimate of drug-likeness (QED) is 0.627. The molecule has 0 unspecified atom stereocenters. The molecule has 0 atom stereocenters. The molecule has 1 aromatic rings. The largest absolute Gasteiger partial charge is 0.493 e. The van der Waals surface area contributed by atoms with E-state index in [1.165, 1.54) is 21.1 Å². The summed E-state index contributed by atoms with van der Waals surface area (Å²) in [5.41, 5.74) is 0. The summed E-state index contributed by atoms with van der Waals surface area (Å²) >= 11 is 3.27. The molecule has 0 aliphatic rings. The van der Waals surface area contributed by atoms with Gasteiger partial charge < -0.3 is 14.2 Å². The maximum atomic E-state index is 10.8. The Hall–Kier alpha value is -1.23. The van der Waals surface area contributed by atoms with Gasteiger partial charge in [0.25, 0.3) is 0 Å². The Morgan fingerprint density at radius 3 is 2.13 bits per heavy atom. The average Bonchev–Trinajstić information content (AvgIpc) is 2.19. The molecule has 4 nitrogen and oxygen atoms in total. The second-order valence-electron chi connectivity index (χ2n) is 2.73. The lowest BCUT2D eigenvalue weighted by molar-refractivity contribution is -0.131. The standard InChI is InChI=1S/C10H11BrO4/c1-6(12)15-8-5-10(14-3)9(13-2)4-7(8)11/h4-5H,1-3H3. The van der Waals surface area contributed by atoms with E-state index in [1.807, 2.05) is 0 Å². The SMILES string of the molecule is COc1cc(Br)c(OC(C)=O)cc1OC. The molecule has 0 aliphatic heterocycles. The molecule has 1 aromatic carbocycles. The predicted octanol–water partition coefficient (Wildman–Crippen LogP) is 2.39. The molecule has 0 heterocycles. The second kappa shape index (κ2) is 5.02. The molecule has 82 valence electrons. The Morgan fingerprint density at radius 2 is 1.67 bits per heavy atom. The van der Waals surface area contributed by atoms with E-state index in [0.717, 1.165) is 0 Å². The Kier molecular flexibility index (Phi) is 3.96. The molecule has 0 aliphatic carbocycles. The highest BCUT2D eigenvalue weighted by Crippen LogP contribution is 2.37. The van der Waals surface area contributed by atoms with Crippen LogP contribution in [0.25, 0.3) is 0 Å². The molecule has 5 heteroatoms. The van der Waals surface area contributed by atoms with Crippen molar-refractivity contribution in [3.8, 4) is 17.2 Å². The lowest BCUT2D eigenvalue weighted by Gasteiger charge is -2.10. The maximum Gasteiger partial charge on any atom is 0.308 e. The lowest BCUT2D eigenvalue weighted by atomic mass is 10.3. The minimum atomic E-state index is -0.386. The van der Waals surface area contributed by atoms with Gasteiger partial charge in [-0.1, -0.05) is 0 Å². The fraction of sp³-hybridized carbons (Fsp3) is 0.300. The van der Waals surface area contributed by atoms with Crippen LogP contribution in [0, 0.1) is 0 Å². The summed E-state index contributed by atoms with van der Waals surface area (Å²) in [6.07, 6.45) is 0. The first-order valence-electron chi connectivity index (χ1n) is 4.18. The molecule has 0 aromatic heterocycles. The summed E-state index contributed by atoms with van der Waals surface area (Å²) < 4.78 is 15.8. The van der Waals surface area contributed by atoms with Crippen LogP contribution in [0.3, 0.4) is 0 Å². The zero-order valence-electron chi connectivity index (χ0n) is 8.67. The van der Waals surface area contributed by atoms with E-state index in [9.17, 15) is 4.79 Å². The third-order valence-corrected chi connectivity index (χ3v) is 2.31. The first kappa shape index (κ1) is 11.8. The highest BCUT2D eigenvalue weighted by Gasteiger charge is 2.11. The number of carbonyl (C=O) groups is 1. The Bertz CT molecular complexity index is 376. The number of hydrogen-bond donors (Lipinski definition) is 0. The van der Waals surface area contributed by atoms with E-state index in [2.05, 4.69) is 15.9 Å². The maximum absolute atomic E-state index is 10.8. The van der Waals surface area contributed by atoms with Crippen LogP contribution in [0.1, 0.15) is 6.92 Å². The normalized spacial score (nSPS) is 9.60. The molecule has 0 radical (unpaired) electrons. The monoisotopic (exact) mass is 274 g/mol. The van der Waals surface area contributed by atoms with Crippen LogP contribution in [-0.4, -0.2) is 20.2 Å². The fourth-order valence-corrected chi connectivity index (χ4v) is 1.47. The van der Waals surface area contributed by atoms with Crippen LogP contribution < -0.4 is 14.2 Å². The highest BCUT2D eigenvalue weighted by atomic mass is 79.9. The van der Waals surface area contributed by atoms with Gasteiger partial charge in [0.2, 0.25) is 0 Å². The Labute approximate surface area is 96.3 Å². The molecular weight excluding hydrogens is 264 g/mol. The summed E-state index contributed by atoms with van der Waals surface area (Å²) in [6, 6.07) is 3.27. The lowest BCUT2D eigenvalue weighted by Crippen LogP contribution is -2.02. The summed E-state index contributed by atoms with van der Waals surface area (Å²) in [4.78, 5) is 10.8. The number of hydrogen-bond acceptors (Lipinski definition) is 4. The van der Waals surface area contributed by atoms with Crippen molar-refractivity contribution in [3.05, 3.63) is 16.6 Å². The smallest absolute Gasteiger partial charge is 0.308 e. The number of halogens is 1. The predicted molar refractivity (Wildman–Crippen MR) is 58.6 cm³/mol. The molecule has 0 fully saturated rings. The van der Waals surface area contributed by atoms with E-state index in [0.29, 0.717) is 21.7 Å². The molecule has 0 bridgehead atoms. The molecule has 0 amide bonds. The topological polar surface area (TPSA) is 44.8 Å². The van der Waals surface area contributed by atoms with Crippen molar-refractivity contribution < 1.29 is 19.0 Å². The van der Waals surface area contributed by atoms with Crippen molar-refractivity contribution in [2.24, 2.45) is 0 Å². The molecule has 0 saturated carbocycles. The van der Waals surface area contributed by atoms with Crippen LogP contribution in [0.5, 0.6) is 17.2 Å². The minimum Gasteiger partial charge on any atom is -0.493 e. The van der Waals surface area contributed by atoms with Crippen molar-refractivity contribution in [2.75, 3.05) is 14.2 Å². The van der Waals surface area contributed by atoms with E-state index < -0.39 is 0 Å². The van der Waals surface area contributed by atoms with Crippen LogP contribution in [0.2, 0.25) is 0 Å². The van der Waals surface area contributed by atoms with Gasteiger partial charge in [0, 0.05) is 19.1 Å². The number of benzene rings is 1. The number of methoxy groups -OCH3 is 2. The minimum absolute atomic E-state index is 0.386. The molecular formula is C10H11BrO4. The zero-order valence-corrected chi connectivity index (χ0v) is 10.3. The summed E-state index contributed by atoms with van der Waals surface area (Å²) in [7, 11) is 3.05. The van der Waals surface area contributed by atoms with Crippen molar-refractivity contribution in [3.63, 3.8) is 0 Å². The van der Waals surface area contributed by atoms with Crippen LogP contribution in [0.4, 0.5) is 0 Å². The average molecular weight is 275 g/mol. The van der Waals surface area contributed by atoms with Gasteiger partial charge >= 0.3 is 5.97 Å². The van der Waals surface area contributed by atoms with Gasteiger partial charge in [-0.2, -0.15) is 0 Å². The van der Waals surface area contributed by atoms with Gasteiger partial charge in [-0.05, 0) is 15.9 Å². The summed E-state index contributed by atoms with van der Waals surface area (Å²) in [5, 5.41) is 0. The summed E-state index contributed by atoms with van der Waals surface area (Å²) in [6.45, 7) is 1.34. The van der Waals surface area contributed by atoms with Crippen LogP contribution in [-0.2, 0) is 4.79 Å². The van der Waals surface area contributed by atoms with Gasteiger partial charge in [0.1, 0.15) is 5.75 Å². The van der Waals surface area contributed by atoms with Crippen molar-refractivity contribution >= 4 is 21.9 Å². The first-order chi connectivity index (χ1) is 7.08. The number of ether oxygens (including phenoxy) is 3. The highest BCUT2D eigenvalue weighted by molar-refractivity contribution is 9.10. The van der Waals surface area contributed by atoms with Crippen molar-refractivity contribution in [1.29, 1.82) is 0 Å². The zero-order chi connectivity index (χ0) is 11.4. The second-order valence-corrected chi connectivity index (χ2v) is 3.59. The van der Waals surface area contributed by atoms with Gasteiger partial charge in [0.05, 0.1) is 18.7 Å². The molecule has 0 saturated heterocycles. The molecule has 0 spiro atoms. The van der Waals surface area contributed by atoms with Gasteiger partial charge in [-0.3, -0.25) is 4.79 Å². The fourth-order valence-electron chi connectivity index (χ4n) is 1.07. The van der Waals surface area contributed by atoms with Crippen LogP contribution in [0.15, 0.2) is 16.6 Å². The van der Waals surface area contributed by atoms with Gasteiger partial charge in [0.15, 0.2) is 11.5 Å². The number of rotatable bonds is 3. The molecule has 1 rings (SSSR count). The van der Waals surface area contributed by atoms with Crippen molar-refractivity contribution in [2.45, 2.75) is 6.92 Å². The van der Waals surface area contributed by atoms with Crippen molar-refractivity contribution in [1.82, 2.24) is 0 Å². The van der Waals surface area contributed by atoms with E-state index in [1.54, 1.807) is 12.1 Å². The third-order valence-electron chi connectivity index (χ3n) is 1.69. The van der Waals surface area contributed by atoms with E-state index >= 15 is 0 Å². The molecule has 0 N–H and O–H groups in total. The Balaban J connectivity index is 3.13. The summed E-state index contributed by atoms with van der Waals surface area (Å²) in [5.74, 6) is 1.10. The number of esters is 1. The van der Waals surface area contributed by atoms with E-state index in [-0.39, 0.29) is 5.97 Å². The number of carbonyl (C=O) groups excluding carboxylic acids is 1. The van der Waals surface area contributed by atoms with Gasteiger partial charge in [-0.15, -0.1) is 0 Å². The first-order valence-corrected chi connectivity index (χ1v) is 4.97. The third kappa shape index (κ3) is 2.86. The van der Waals surface area contributed by atoms with Crippen LogP contribution >= 0.6 is 15.9 Å². The molecule has 15 heavy (non-hydrogen) atoms. The van der Waals surface area contributed by atoms with E-state index in [4.69, 9.17) is 14.2 Å². The Morgan fingerprint density at radius 1 is 1.13 bits per heavy atom. The van der Waals surface area contributed by atoms with Gasteiger partial charge in [-0.25, -0.2) is 0 Å².